The number of carbonyl (C=O) groups is 1. The number of hydrogen-bond acceptors (Lipinski definition) is 9. The number of carbonyl (C=O) groups excluding carboxylic acids is 1. The summed E-state index contributed by atoms with van der Waals surface area (Å²) in [6.45, 7) is 3.20. The van der Waals surface area contributed by atoms with Crippen LogP contribution in [0.5, 0.6) is 0 Å². The fourth-order valence-electron chi connectivity index (χ4n) is 4.38. The highest BCUT2D eigenvalue weighted by Gasteiger charge is 2.27. The maximum absolute atomic E-state index is 13.0. The maximum atomic E-state index is 13.0. The van der Waals surface area contributed by atoms with Gasteiger partial charge in [-0.25, -0.2) is 18.4 Å². The molecule has 3 aromatic rings. The average molecular weight is 534 g/mol. The van der Waals surface area contributed by atoms with Gasteiger partial charge >= 0.3 is 0 Å². The van der Waals surface area contributed by atoms with Crippen molar-refractivity contribution in [2.45, 2.75) is 42.7 Å². The maximum Gasteiger partial charge on any atom is 0.243 e. The van der Waals surface area contributed by atoms with Crippen LogP contribution in [0.1, 0.15) is 28.8 Å². The van der Waals surface area contributed by atoms with E-state index in [1.165, 1.54) is 39.0 Å². The summed E-state index contributed by atoms with van der Waals surface area (Å²) < 4.78 is 32.6. The fraction of sp³-hybridized carbons (Fsp3) is 0.435. The first-order chi connectivity index (χ1) is 16.8. The molecular formula is C23H27N5O4S3. The predicted octanol–water partition coefficient (Wildman–Crippen LogP) is 3.21. The molecule has 0 spiro atoms. The molecule has 2 aromatic heterocycles. The number of hydrogen-bond donors (Lipinski definition) is 2. The number of sulfonamides is 1. The summed E-state index contributed by atoms with van der Waals surface area (Å²) in [4.78, 5) is 24.2. The number of aromatic nitrogens is 2. The van der Waals surface area contributed by atoms with Gasteiger partial charge < -0.3 is 15.8 Å². The minimum Gasteiger partial charge on any atom is -0.383 e. The number of nitrogens with one attached hydrogen (secondary N) is 1. The van der Waals surface area contributed by atoms with Gasteiger partial charge in [-0.05, 0) is 55.9 Å². The van der Waals surface area contributed by atoms with Gasteiger partial charge in [0.25, 0.3) is 0 Å². The first-order valence-corrected chi connectivity index (χ1v) is 14.8. The van der Waals surface area contributed by atoms with Crippen LogP contribution in [-0.2, 0) is 32.4 Å². The van der Waals surface area contributed by atoms with Crippen LogP contribution in [0.4, 0.5) is 11.5 Å². The van der Waals surface area contributed by atoms with Crippen molar-refractivity contribution in [3.63, 3.8) is 0 Å². The first-order valence-electron chi connectivity index (χ1n) is 11.5. The molecule has 2 aliphatic rings. The van der Waals surface area contributed by atoms with E-state index in [0.717, 1.165) is 35.0 Å². The van der Waals surface area contributed by atoms with E-state index in [4.69, 9.17) is 10.5 Å². The van der Waals surface area contributed by atoms with Crippen LogP contribution in [0.25, 0.3) is 10.2 Å². The fourth-order valence-corrected chi connectivity index (χ4v) is 7.79. The van der Waals surface area contributed by atoms with E-state index in [1.807, 2.05) is 6.92 Å². The van der Waals surface area contributed by atoms with Gasteiger partial charge in [-0.1, -0.05) is 17.8 Å². The van der Waals surface area contributed by atoms with Crippen molar-refractivity contribution in [3.05, 3.63) is 34.2 Å². The van der Waals surface area contributed by atoms with Gasteiger partial charge in [-0.3, -0.25) is 4.79 Å². The van der Waals surface area contributed by atoms with E-state index >= 15 is 0 Å². The number of rotatable bonds is 6. The molecule has 3 N–H and O–H groups in total. The van der Waals surface area contributed by atoms with Crippen LogP contribution in [0, 0.1) is 6.92 Å². The van der Waals surface area contributed by atoms with Gasteiger partial charge in [-0.2, -0.15) is 4.31 Å². The highest BCUT2D eigenvalue weighted by molar-refractivity contribution is 7.99. The van der Waals surface area contributed by atoms with Gasteiger partial charge in [-0.15, -0.1) is 11.3 Å². The molecular weight excluding hydrogens is 506 g/mol. The number of nitrogen functional groups attached to an aromatic ring is 1. The number of morpholine rings is 1. The molecule has 0 radical (unpaired) electrons. The largest absolute Gasteiger partial charge is 0.383 e. The summed E-state index contributed by atoms with van der Waals surface area (Å²) in [6.07, 6.45) is 4.41. The Labute approximate surface area is 212 Å². The molecule has 9 nitrogen and oxygen atoms in total. The average Bonchev–Trinajstić information content (AvgIpc) is 3.23. The van der Waals surface area contributed by atoms with Crippen molar-refractivity contribution in [1.82, 2.24) is 14.3 Å². The minimum absolute atomic E-state index is 0.0793. The van der Waals surface area contributed by atoms with Crippen molar-refractivity contribution in [3.8, 4) is 0 Å². The predicted molar refractivity (Wildman–Crippen MR) is 139 cm³/mol. The Morgan fingerprint density at radius 1 is 1.23 bits per heavy atom. The Morgan fingerprint density at radius 2 is 2.00 bits per heavy atom. The first kappa shape index (κ1) is 24.4. The SMILES string of the molecule is Cc1ccc(S(=O)(=O)N2CCOCC2)cc1NC(=O)CSc1nc(N)c2c3c(sc2n1)CCCC3. The van der Waals surface area contributed by atoms with Crippen molar-refractivity contribution < 1.29 is 17.9 Å². The number of nitrogens with two attached hydrogens (primary N) is 1. The summed E-state index contributed by atoms with van der Waals surface area (Å²) in [5.41, 5.74) is 8.79. The molecule has 1 aromatic carbocycles. The third-order valence-corrected chi connectivity index (χ3v) is 10.2. The summed E-state index contributed by atoms with van der Waals surface area (Å²) in [5.74, 6) is 0.275. The second kappa shape index (κ2) is 10.0. The van der Waals surface area contributed by atoms with Crippen LogP contribution in [0.3, 0.4) is 0 Å². The van der Waals surface area contributed by atoms with Crippen molar-refractivity contribution in [1.29, 1.82) is 0 Å². The Balaban J connectivity index is 1.28. The monoisotopic (exact) mass is 533 g/mol. The standard InChI is InChI=1S/C23H27N5O4S3/c1-14-6-7-15(35(30,31)28-8-10-32-11-9-28)12-17(14)25-19(29)13-33-23-26-21(24)20-16-4-2-3-5-18(16)34-22(20)27-23/h6-7,12H,2-5,8-11,13H2,1H3,(H,25,29)(H2,24,26,27). The molecule has 3 heterocycles. The Bertz CT molecular complexity index is 1380. The lowest BCUT2D eigenvalue weighted by Gasteiger charge is -2.26. The molecule has 0 atom stereocenters. The van der Waals surface area contributed by atoms with E-state index in [2.05, 4.69) is 15.3 Å². The summed E-state index contributed by atoms with van der Waals surface area (Å²) in [5, 5.41) is 4.26. The Hall–Kier alpha value is -2.25. The van der Waals surface area contributed by atoms with Crippen LogP contribution in [-0.4, -0.2) is 60.7 Å². The van der Waals surface area contributed by atoms with Crippen molar-refractivity contribution >= 4 is 60.8 Å². The molecule has 1 amide bonds. The van der Waals surface area contributed by atoms with Gasteiger partial charge in [0, 0.05) is 23.7 Å². The molecule has 1 aliphatic heterocycles. The molecule has 5 rings (SSSR count). The lowest BCUT2D eigenvalue weighted by molar-refractivity contribution is -0.113. The number of thiophene rings is 1. The second-order valence-electron chi connectivity index (χ2n) is 8.61. The van der Waals surface area contributed by atoms with Crippen LogP contribution < -0.4 is 11.1 Å². The van der Waals surface area contributed by atoms with E-state index in [0.29, 0.717) is 43.0 Å². The van der Waals surface area contributed by atoms with E-state index in [9.17, 15) is 13.2 Å². The van der Waals surface area contributed by atoms with Gasteiger partial charge in [0.1, 0.15) is 10.6 Å². The normalized spacial score (nSPS) is 16.8. The highest BCUT2D eigenvalue weighted by atomic mass is 32.2. The highest BCUT2D eigenvalue weighted by Crippen LogP contribution is 2.38. The molecule has 12 heteroatoms. The number of nitrogens with zero attached hydrogens (tertiary/aromatic N) is 3. The Kier molecular flexibility index (Phi) is 6.99. The zero-order valence-electron chi connectivity index (χ0n) is 19.4. The number of ether oxygens (including phenoxy) is 1. The van der Waals surface area contributed by atoms with Gasteiger partial charge in [0.15, 0.2) is 5.16 Å². The molecule has 186 valence electrons. The molecule has 0 bridgehead atoms. The number of benzene rings is 1. The van der Waals surface area contributed by atoms with Gasteiger partial charge in [0.05, 0.1) is 29.2 Å². The molecule has 1 saturated heterocycles. The molecule has 1 fully saturated rings. The van der Waals surface area contributed by atoms with E-state index in [-0.39, 0.29) is 16.6 Å². The smallest absolute Gasteiger partial charge is 0.243 e. The van der Waals surface area contributed by atoms with Crippen LogP contribution in [0.15, 0.2) is 28.3 Å². The van der Waals surface area contributed by atoms with Crippen molar-refractivity contribution in [2.75, 3.05) is 43.1 Å². The summed E-state index contributed by atoms with van der Waals surface area (Å²) in [6, 6.07) is 4.78. The van der Waals surface area contributed by atoms with Crippen molar-refractivity contribution in [2.24, 2.45) is 0 Å². The Morgan fingerprint density at radius 3 is 2.80 bits per heavy atom. The van der Waals surface area contributed by atoms with Gasteiger partial charge in [0.2, 0.25) is 15.9 Å². The lowest BCUT2D eigenvalue weighted by atomic mass is 9.97. The summed E-state index contributed by atoms with van der Waals surface area (Å²) >= 11 is 2.88. The number of amides is 1. The van der Waals surface area contributed by atoms with E-state index in [1.54, 1.807) is 23.5 Å². The molecule has 0 saturated carbocycles. The van der Waals surface area contributed by atoms with Crippen LogP contribution in [0.2, 0.25) is 0 Å². The zero-order valence-corrected chi connectivity index (χ0v) is 21.8. The third kappa shape index (κ3) is 5.03. The number of aryl methyl sites for hydroxylation is 3. The lowest BCUT2D eigenvalue weighted by Crippen LogP contribution is -2.40. The number of anilines is 2. The topological polar surface area (TPSA) is 128 Å². The van der Waals surface area contributed by atoms with E-state index < -0.39 is 10.0 Å². The molecule has 1 aliphatic carbocycles. The minimum atomic E-state index is -3.66. The number of fused-ring (bicyclic) bond motifs is 3. The zero-order chi connectivity index (χ0) is 24.6. The second-order valence-corrected chi connectivity index (χ2v) is 12.6. The van der Waals surface area contributed by atoms with Crippen LogP contribution >= 0.6 is 23.1 Å². The molecule has 35 heavy (non-hydrogen) atoms. The quantitative estimate of drug-likeness (QED) is 0.365. The number of thioether (sulfide) groups is 1. The third-order valence-electron chi connectivity index (χ3n) is 6.25. The molecule has 0 unspecified atom stereocenters. The summed E-state index contributed by atoms with van der Waals surface area (Å²) in [7, 11) is -3.66.